The molecular weight excluding hydrogens is 278 g/mol. The number of carbonyl (C=O) groups excluding carboxylic acids is 2. The number of hydrogen-bond donors (Lipinski definition) is 1. The van der Waals surface area contributed by atoms with Gasteiger partial charge in [-0.25, -0.2) is 18.5 Å². The van der Waals surface area contributed by atoms with Crippen molar-refractivity contribution in [2.45, 2.75) is 38.1 Å². The van der Waals surface area contributed by atoms with Gasteiger partial charge < -0.3 is 5.32 Å². The first-order chi connectivity index (χ1) is 10.1. The van der Waals surface area contributed by atoms with Crippen molar-refractivity contribution in [3.05, 3.63) is 29.8 Å². The quantitative estimate of drug-likeness (QED) is 0.865. The minimum Gasteiger partial charge on any atom is -0.334 e. The minimum absolute atomic E-state index is 0.174. The van der Waals surface area contributed by atoms with Crippen molar-refractivity contribution in [3.8, 4) is 0 Å². The molecular formula is C15H16F2N2O2. The lowest BCUT2D eigenvalue weighted by Gasteiger charge is -2.36. The van der Waals surface area contributed by atoms with Gasteiger partial charge in [0.15, 0.2) is 0 Å². The number of carbonyl (C=O) groups is 2. The summed E-state index contributed by atoms with van der Waals surface area (Å²) in [5, 5.41) is 2.78. The average molecular weight is 294 g/mol. The molecule has 2 atom stereocenters. The maximum Gasteiger partial charge on any atom is 0.329 e. The summed E-state index contributed by atoms with van der Waals surface area (Å²) in [5.41, 5.74) is -0.193. The molecule has 2 unspecified atom stereocenters. The van der Waals surface area contributed by atoms with Crippen LogP contribution in [0.15, 0.2) is 18.2 Å². The largest absolute Gasteiger partial charge is 0.334 e. The van der Waals surface area contributed by atoms with Gasteiger partial charge in [0.25, 0.3) is 0 Å². The van der Waals surface area contributed by atoms with Gasteiger partial charge in [0.05, 0.1) is 11.6 Å². The second kappa shape index (κ2) is 5.42. The molecule has 0 aromatic heterocycles. The number of nitrogens with zero attached hydrogens (tertiary/aromatic N) is 1. The molecule has 3 amide bonds. The van der Waals surface area contributed by atoms with E-state index in [4.69, 9.17) is 0 Å². The number of benzene rings is 1. The Morgan fingerprint density at radius 2 is 1.86 bits per heavy atom. The Hall–Kier alpha value is -1.98. The maximum absolute atomic E-state index is 13.9. The molecule has 1 saturated heterocycles. The first kappa shape index (κ1) is 14.0. The van der Waals surface area contributed by atoms with E-state index in [2.05, 4.69) is 5.32 Å². The molecule has 1 N–H and O–H groups in total. The Bertz CT molecular complexity index is 591. The van der Waals surface area contributed by atoms with E-state index in [1.165, 1.54) is 0 Å². The number of rotatable bonds is 1. The molecule has 1 saturated carbocycles. The van der Waals surface area contributed by atoms with Crippen molar-refractivity contribution in [2.75, 3.05) is 4.90 Å². The molecule has 1 heterocycles. The third-order valence-corrected chi connectivity index (χ3v) is 4.22. The van der Waals surface area contributed by atoms with E-state index in [1.807, 2.05) is 0 Å². The van der Waals surface area contributed by atoms with E-state index in [0.29, 0.717) is 12.5 Å². The Balaban J connectivity index is 1.95. The van der Waals surface area contributed by atoms with Gasteiger partial charge in [-0.3, -0.25) is 4.79 Å². The predicted octanol–water partition coefficient (Wildman–Crippen LogP) is 2.97. The molecule has 1 aromatic carbocycles. The van der Waals surface area contributed by atoms with Crippen LogP contribution in [-0.4, -0.2) is 18.0 Å². The summed E-state index contributed by atoms with van der Waals surface area (Å²) in [7, 11) is 0. The van der Waals surface area contributed by atoms with E-state index < -0.39 is 23.6 Å². The Kier molecular flexibility index (Phi) is 3.61. The highest BCUT2D eigenvalue weighted by molar-refractivity contribution is 6.17. The van der Waals surface area contributed by atoms with Gasteiger partial charge in [0, 0.05) is 12.1 Å². The lowest BCUT2D eigenvalue weighted by molar-refractivity contribution is -0.123. The molecule has 4 nitrogen and oxygen atoms in total. The SMILES string of the molecule is O=C1NC2CCCCCC2C(=O)N1c1ccc(F)cc1F. The smallest absolute Gasteiger partial charge is 0.329 e. The molecule has 0 bridgehead atoms. The number of nitrogens with one attached hydrogen (secondary N) is 1. The van der Waals surface area contributed by atoms with E-state index in [-0.39, 0.29) is 17.6 Å². The lowest BCUT2D eigenvalue weighted by atomic mass is 9.91. The van der Waals surface area contributed by atoms with Crippen molar-refractivity contribution < 1.29 is 18.4 Å². The van der Waals surface area contributed by atoms with Crippen LogP contribution in [0.4, 0.5) is 19.3 Å². The number of amides is 3. The average Bonchev–Trinajstić information content (AvgIpc) is 2.66. The van der Waals surface area contributed by atoms with Crippen LogP contribution in [0.1, 0.15) is 32.1 Å². The minimum atomic E-state index is -0.912. The van der Waals surface area contributed by atoms with E-state index >= 15 is 0 Å². The standard InChI is InChI=1S/C15H16F2N2O2/c16-9-6-7-13(11(17)8-9)19-14(20)10-4-2-1-3-5-12(10)18-15(19)21/h6-8,10,12H,1-5H2,(H,18,21). The highest BCUT2D eigenvalue weighted by Gasteiger charge is 2.42. The van der Waals surface area contributed by atoms with E-state index in [9.17, 15) is 18.4 Å². The third kappa shape index (κ3) is 2.50. The highest BCUT2D eigenvalue weighted by atomic mass is 19.1. The fourth-order valence-corrected chi connectivity index (χ4v) is 3.16. The Labute approximate surface area is 121 Å². The van der Waals surface area contributed by atoms with Crippen LogP contribution < -0.4 is 10.2 Å². The third-order valence-electron chi connectivity index (χ3n) is 4.22. The van der Waals surface area contributed by atoms with Gasteiger partial charge in [-0.1, -0.05) is 19.3 Å². The monoisotopic (exact) mass is 294 g/mol. The van der Waals surface area contributed by atoms with Gasteiger partial charge >= 0.3 is 6.03 Å². The summed E-state index contributed by atoms with van der Waals surface area (Å²) in [6.45, 7) is 0. The molecule has 1 aromatic rings. The van der Waals surface area contributed by atoms with Crippen molar-refractivity contribution in [1.82, 2.24) is 5.32 Å². The molecule has 0 radical (unpaired) electrons. The first-order valence-corrected chi connectivity index (χ1v) is 7.17. The molecule has 1 aliphatic carbocycles. The highest BCUT2D eigenvalue weighted by Crippen LogP contribution is 2.32. The topological polar surface area (TPSA) is 49.4 Å². The molecule has 21 heavy (non-hydrogen) atoms. The van der Waals surface area contributed by atoms with Crippen molar-refractivity contribution in [1.29, 1.82) is 0 Å². The summed E-state index contributed by atoms with van der Waals surface area (Å²) in [4.78, 5) is 25.5. The zero-order chi connectivity index (χ0) is 15.0. The van der Waals surface area contributed by atoms with Crippen molar-refractivity contribution >= 4 is 17.6 Å². The summed E-state index contributed by atoms with van der Waals surface area (Å²) in [6.07, 6.45) is 4.37. The second-order valence-corrected chi connectivity index (χ2v) is 5.57. The predicted molar refractivity (Wildman–Crippen MR) is 72.7 cm³/mol. The van der Waals surface area contributed by atoms with Gasteiger partial charge in [0.1, 0.15) is 11.6 Å². The molecule has 3 rings (SSSR count). The fraction of sp³-hybridized carbons (Fsp3) is 0.467. The van der Waals surface area contributed by atoms with Crippen LogP contribution in [0, 0.1) is 17.6 Å². The number of urea groups is 1. The first-order valence-electron chi connectivity index (χ1n) is 7.17. The van der Waals surface area contributed by atoms with Crippen LogP contribution in [-0.2, 0) is 4.79 Å². The van der Waals surface area contributed by atoms with Gasteiger partial charge in [-0.2, -0.15) is 0 Å². The summed E-state index contributed by atoms with van der Waals surface area (Å²) < 4.78 is 26.9. The summed E-state index contributed by atoms with van der Waals surface area (Å²) in [5.74, 6) is -2.37. The van der Waals surface area contributed by atoms with Gasteiger partial charge in [-0.15, -0.1) is 0 Å². The molecule has 6 heteroatoms. The zero-order valence-corrected chi connectivity index (χ0v) is 11.4. The molecule has 2 aliphatic rings. The fourth-order valence-electron chi connectivity index (χ4n) is 3.16. The number of hydrogen-bond acceptors (Lipinski definition) is 2. The maximum atomic E-state index is 13.9. The summed E-state index contributed by atoms with van der Waals surface area (Å²) in [6, 6.07) is 2.03. The molecule has 2 fully saturated rings. The van der Waals surface area contributed by atoms with Crippen LogP contribution in [0.2, 0.25) is 0 Å². The molecule has 0 spiro atoms. The van der Waals surface area contributed by atoms with Crippen LogP contribution in [0.5, 0.6) is 0 Å². The Morgan fingerprint density at radius 1 is 1.10 bits per heavy atom. The second-order valence-electron chi connectivity index (χ2n) is 5.57. The van der Waals surface area contributed by atoms with Crippen LogP contribution in [0.3, 0.4) is 0 Å². The van der Waals surface area contributed by atoms with Crippen molar-refractivity contribution in [3.63, 3.8) is 0 Å². The van der Waals surface area contributed by atoms with Gasteiger partial charge in [-0.05, 0) is 25.0 Å². The van der Waals surface area contributed by atoms with Crippen molar-refractivity contribution in [2.24, 2.45) is 5.92 Å². The van der Waals surface area contributed by atoms with E-state index in [1.54, 1.807) is 0 Å². The lowest BCUT2D eigenvalue weighted by Crippen LogP contribution is -2.60. The summed E-state index contributed by atoms with van der Waals surface area (Å²) >= 11 is 0. The van der Waals surface area contributed by atoms with Gasteiger partial charge in [0.2, 0.25) is 5.91 Å². The van der Waals surface area contributed by atoms with E-state index in [0.717, 1.165) is 42.7 Å². The van der Waals surface area contributed by atoms with Crippen LogP contribution >= 0.6 is 0 Å². The molecule has 112 valence electrons. The number of anilines is 1. The number of fused-ring (bicyclic) bond motifs is 1. The normalized spacial score (nSPS) is 26.1. The number of imide groups is 1. The molecule has 1 aliphatic heterocycles. The van der Waals surface area contributed by atoms with Crippen LogP contribution in [0.25, 0.3) is 0 Å². The zero-order valence-electron chi connectivity index (χ0n) is 11.4. The number of halogens is 2. The Morgan fingerprint density at radius 3 is 2.62 bits per heavy atom.